The Morgan fingerprint density at radius 2 is 2.43 bits per heavy atom. The van der Waals surface area contributed by atoms with Gasteiger partial charge in [0.1, 0.15) is 5.69 Å². The first-order valence-corrected chi connectivity index (χ1v) is 8.11. The van der Waals surface area contributed by atoms with Crippen LogP contribution in [0, 0.1) is 0 Å². The summed E-state index contributed by atoms with van der Waals surface area (Å²) in [6.07, 6.45) is 3.40. The van der Waals surface area contributed by atoms with Gasteiger partial charge in [-0.25, -0.2) is 4.98 Å². The van der Waals surface area contributed by atoms with Crippen molar-refractivity contribution in [2.75, 3.05) is 7.11 Å². The predicted octanol–water partition coefficient (Wildman–Crippen LogP) is 1.93. The fourth-order valence-corrected chi connectivity index (χ4v) is 4.27. The summed E-state index contributed by atoms with van der Waals surface area (Å²) in [4.78, 5) is 16.8. The average molecular weight is 303 g/mol. The first-order valence-electron chi connectivity index (χ1n) is 7.24. The highest BCUT2D eigenvalue weighted by molar-refractivity contribution is 7.17. The molecular weight excluding hydrogens is 286 g/mol. The topological polar surface area (TPSA) is 63.2 Å². The molecule has 2 aliphatic heterocycles. The van der Waals surface area contributed by atoms with Gasteiger partial charge in [-0.15, -0.1) is 11.3 Å². The van der Waals surface area contributed by atoms with Gasteiger partial charge in [0.15, 0.2) is 0 Å². The minimum atomic E-state index is -0.110. The minimum absolute atomic E-state index is 0.110. The van der Waals surface area contributed by atoms with Crippen LogP contribution >= 0.6 is 11.3 Å². The molecule has 2 saturated heterocycles. The molecule has 2 aromatic heterocycles. The molecule has 0 unspecified atom stereocenters. The van der Waals surface area contributed by atoms with Gasteiger partial charge in [0.05, 0.1) is 11.8 Å². The maximum absolute atomic E-state index is 12.5. The van der Waals surface area contributed by atoms with Gasteiger partial charge in [-0.3, -0.25) is 4.79 Å². The summed E-state index contributed by atoms with van der Waals surface area (Å²) in [7, 11) is 1.59. The monoisotopic (exact) mass is 303 g/mol. The van der Waals surface area contributed by atoms with Crippen LogP contribution < -0.4 is 15.4 Å². The van der Waals surface area contributed by atoms with Gasteiger partial charge in [-0.2, -0.15) is 0 Å². The lowest BCUT2D eigenvalue weighted by molar-refractivity contribution is 0.0925. The number of nitrogens with zero attached hydrogens (tertiary/aromatic N) is 1. The zero-order chi connectivity index (χ0) is 14.4. The molecule has 1 amide bonds. The lowest BCUT2D eigenvalue weighted by Crippen LogP contribution is -2.43. The molecule has 0 spiro atoms. The third kappa shape index (κ3) is 2.18. The highest BCUT2D eigenvalue weighted by Crippen LogP contribution is 2.30. The van der Waals surface area contributed by atoms with Crippen molar-refractivity contribution in [2.45, 2.75) is 37.4 Å². The van der Waals surface area contributed by atoms with E-state index in [2.05, 4.69) is 15.6 Å². The molecule has 2 aliphatic rings. The Bertz CT molecular complexity index is 699. The Morgan fingerprint density at radius 1 is 1.52 bits per heavy atom. The Labute approximate surface area is 126 Å². The number of hydrogen-bond acceptors (Lipinski definition) is 5. The zero-order valence-electron chi connectivity index (χ0n) is 11.8. The fraction of sp³-hybridized carbons (Fsp3) is 0.467. The summed E-state index contributed by atoms with van der Waals surface area (Å²) in [5.41, 5.74) is 0.431. The second-order valence-electron chi connectivity index (χ2n) is 5.72. The highest BCUT2D eigenvalue weighted by atomic mass is 32.1. The Balaban J connectivity index is 1.59. The zero-order valence-corrected chi connectivity index (χ0v) is 12.6. The van der Waals surface area contributed by atoms with Gasteiger partial charge in [0.25, 0.3) is 5.91 Å². The molecule has 4 rings (SSSR count). The van der Waals surface area contributed by atoms with Crippen LogP contribution in [0.5, 0.6) is 5.88 Å². The van der Waals surface area contributed by atoms with Crippen molar-refractivity contribution in [3.8, 4) is 5.88 Å². The highest BCUT2D eigenvalue weighted by Gasteiger charge is 2.39. The second kappa shape index (κ2) is 4.96. The molecular formula is C15H17N3O2S. The largest absolute Gasteiger partial charge is 0.480 e. The number of pyridine rings is 1. The molecule has 2 fully saturated rings. The molecule has 6 heteroatoms. The summed E-state index contributed by atoms with van der Waals surface area (Å²) >= 11 is 1.57. The minimum Gasteiger partial charge on any atom is -0.480 e. The molecule has 5 nitrogen and oxygen atoms in total. The van der Waals surface area contributed by atoms with Crippen LogP contribution in [0.25, 0.3) is 10.1 Å². The summed E-state index contributed by atoms with van der Waals surface area (Å²) in [6.45, 7) is 0. The van der Waals surface area contributed by atoms with Crippen molar-refractivity contribution in [1.82, 2.24) is 15.6 Å². The van der Waals surface area contributed by atoms with E-state index in [1.807, 2.05) is 17.5 Å². The molecule has 2 aromatic rings. The molecule has 2 bridgehead atoms. The van der Waals surface area contributed by atoms with Crippen LogP contribution in [0.4, 0.5) is 0 Å². The first-order chi connectivity index (χ1) is 10.2. The summed E-state index contributed by atoms with van der Waals surface area (Å²) in [5.74, 6) is 0.416. The molecule has 110 valence electrons. The first kappa shape index (κ1) is 13.0. The van der Waals surface area contributed by atoms with E-state index in [1.165, 1.54) is 6.42 Å². The van der Waals surface area contributed by atoms with Gasteiger partial charge >= 0.3 is 0 Å². The van der Waals surface area contributed by atoms with E-state index in [0.29, 0.717) is 23.7 Å². The fourth-order valence-electron chi connectivity index (χ4n) is 3.43. The number of aromatic nitrogens is 1. The molecule has 0 saturated carbocycles. The van der Waals surface area contributed by atoms with Crippen LogP contribution in [0.3, 0.4) is 0 Å². The number of fused-ring (bicyclic) bond motifs is 3. The van der Waals surface area contributed by atoms with Crippen LogP contribution in [-0.4, -0.2) is 36.1 Å². The quantitative estimate of drug-likeness (QED) is 0.909. The van der Waals surface area contributed by atoms with E-state index in [1.54, 1.807) is 18.4 Å². The summed E-state index contributed by atoms with van der Waals surface area (Å²) in [6, 6.07) is 5.04. The maximum Gasteiger partial charge on any atom is 0.270 e. The number of carbonyl (C=O) groups excluding carboxylic acids is 1. The van der Waals surface area contributed by atoms with Crippen molar-refractivity contribution in [3.63, 3.8) is 0 Å². The van der Waals surface area contributed by atoms with Gasteiger partial charge in [0, 0.05) is 23.5 Å². The number of thiophene rings is 1. The second-order valence-corrected chi connectivity index (χ2v) is 6.63. The molecule has 3 atom stereocenters. The Morgan fingerprint density at radius 3 is 3.14 bits per heavy atom. The normalized spacial score (nSPS) is 27.2. The van der Waals surface area contributed by atoms with E-state index in [9.17, 15) is 4.79 Å². The van der Waals surface area contributed by atoms with E-state index < -0.39 is 0 Å². The number of nitrogens with one attached hydrogen (secondary N) is 2. The standard InChI is InChI=1S/C15H17N3O2S/c1-20-15-13-8(4-5-21-13)6-12(18-15)14(19)17-11-7-9-2-3-10(11)16-9/h4-6,9-11,16H,2-3,7H2,1H3,(H,17,19)/t9-,10+,11-/m1/s1. The van der Waals surface area contributed by atoms with Crippen molar-refractivity contribution in [3.05, 3.63) is 23.2 Å². The van der Waals surface area contributed by atoms with Crippen LogP contribution in [0.15, 0.2) is 17.5 Å². The Kier molecular flexibility index (Phi) is 3.08. The Hall–Kier alpha value is -1.66. The third-order valence-electron chi connectivity index (χ3n) is 4.45. The smallest absolute Gasteiger partial charge is 0.270 e. The molecule has 21 heavy (non-hydrogen) atoms. The van der Waals surface area contributed by atoms with E-state index in [-0.39, 0.29) is 11.9 Å². The molecule has 0 radical (unpaired) electrons. The number of ether oxygens (including phenoxy) is 1. The number of amides is 1. The van der Waals surface area contributed by atoms with Gasteiger partial charge in [-0.05, 0) is 36.8 Å². The number of rotatable bonds is 3. The van der Waals surface area contributed by atoms with E-state index in [4.69, 9.17) is 4.74 Å². The van der Waals surface area contributed by atoms with Gasteiger partial charge < -0.3 is 15.4 Å². The van der Waals surface area contributed by atoms with Crippen LogP contribution in [-0.2, 0) is 0 Å². The average Bonchev–Trinajstić information content (AvgIpc) is 3.21. The molecule has 2 N–H and O–H groups in total. The van der Waals surface area contributed by atoms with Crippen molar-refractivity contribution in [1.29, 1.82) is 0 Å². The summed E-state index contributed by atoms with van der Waals surface area (Å²) < 4.78 is 6.28. The predicted molar refractivity (Wildman–Crippen MR) is 82.0 cm³/mol. The number of methoxy groups -OCH3 is 1. The van der Waals surface area contributed by atoms with Crippen molar-refractivity contribution < 1.29 is 9.53 Å². The SMILES string of the molecule is COc1nc(C(=O)N[C@@H]2C[C@H]3CC[C@@H]2N3)cc2ccsc12. The van der Waals surface area contributed by atoms with Crippen molar-refractivity contribution in [2.24, 2.45) is 0 Å². The van der Waals surface area contributed by atoms with Crippen molar-refractivity contribution >= 4 is 27.3 Å². The third-order valence-corrected chi connectivity index (χ3v) is 5.36. The lowest BCUT2D eigenvalue weighted by atomic mass is 9.95. The van der Waals surface area contributed by atoms with Crippen LogP contribution in [0.1, 0.15) is 29.8 Å². The van der Waals surface area contributed by atoms with E-state index in [0.717, 1.165) is 22.9 Å². The molecule has 0 aromatic carbocycles. The van der Waals surface area contributed by atoms with Gasteiger partial charge in [0.2, 0.25) is 5.88 Å². The van der Waals surface area contributed by atoms with E-state index >= 15 is 0 Å². The maximum atomic E-state index is 12.5. The van der Waals surface area contributed by atoms with Crippen LogP contribution in [0.2, 0.25) is 0 Å². The van der Waals surface area contributed by atoms with Gasteiger partial charge in [-0.1, -0.05) is 0 Å². The number of carbonyl (C=O) groups is 1. The summed E-state index contributed by atoms with van der Waals surface area (Å²) in [5, 5.41) is 9.63. The molecule has 4 heterocycles. The lowest BCUT2D eigenvalue weighted by Gasteiger charge is -2.21. The number of hydrogen-bond donors (Lipinski definition) is 2. The molecule has 0 aliphatic carbocycles.